The molecular formula is C14H20F4N2O. The first-order valence-electron chi connectivity index (χ1n) is 6.88. The van der Waals surface area contributed by atoms with Crippen LogP contribution in [0.2, 0.25) is 0 Å². The molecule has 0 aliphatic carbocycles. The standard InChI is InChI=1S/C14H20F4N2O/c1-3-7-19-11(4-2)12-6-5-10(8-20-12)21-9-14(17,18)13(15)16/h5-6,8,11,13,19H,3-4,7,9H2,1-2H3. The summed E-state index contributed by atoms with van der Waals surface area (Å²) in [5, 5.41) is 3.30. The van der Waals surface area contributed by atoms with Gasteiger partial charge in [-0.15, -0.1) is 0 Å². The third-order valence-electron chi connectivity index (χ3n) is 2.92. The summed E-state index contributed by atoms with van der Waals surface area (Å²) in [6.45, 7) is 3.53. The van der Waals surface area contributed by atoms with E-state index in [2.05, 4.69) is 15.0 Å². The molecule has 1 aromatic rings. The molecule has 0 bridgehead atoms. The first-order chi connectivity index (χ1) is 9.90. The van der Waals surface area contributed by atoms with Gasteiger partial charge >= 0.3 is 12.3 Å². The maximum atomic E-state index is 12.7. The SMILES string of the molecule is CCCNC(CC)c1ccc(OCC(F)(F)C(F)F)cn1. The Morgan fingerprint density at radius 1 is 1.29 bits per heavy atom. The van der Waals surface area contributed by atoms with Crippen LogP contribution in [0.1, 0.15) is 38.4 Å². The largest absolute Gasteiger partial charge is 0.485 e. The fourth-order valence-electron chi connectivity index (χ4n) is 1.70. The van der Waals surface area contributed by atoms with E-state index in [-0.39, 0.29) is 11.8 Å². The molecule has 0 spiro atoms. The molecule has 1 heterocycles. The van der Waals surface area contributed by atoms with Crippen LogP contribution in [0.15, 0.2) is 18.3 Å². The number of rotatable bonds is 9. The lowest BCUT2D eigenvalue weighted by Gasteiger charge is -2.18. The molecule has 120 valence electrons. The van der Waals surface area contributed by atoms with Gasteiger partial charge in [-0.3, -0.25) is 4.98 Å². The van der Waals surface area contributed by atoms with Crippen LogP contribution in [-0.2, 0) is 0 Å². The third kappa shape index (κ3) is 5.49. The maximum Gasteiger partial charge on any atom is 0.340 e. The van der Waals surface area contributed by atoms with Gasteiger partial charge in [0.1, 0.15) is 5.75 Å². The van der Waals surface area contributed by atoms with E-state index in [0.717, 1.165) is 25.1 Å². The van der Waals surface area contributed by atoms with Gasteiger partial charge < -0.3 is 10.1 Å². The summed E-state index contributed by atoms with van der Waals surface area (Å²) in [6.07, 6.45) is -0.656. The minimum absolute atomic E-state index is 0.0458. The van der Waals surface area contributed by atoms with Gasteiger partial charge in [-0.05, 0) is 31.5 Å². The number of ether oxygens (including phenoxy) is 1. The normalized spacial score (nSPS) is 13.5. The average molecular weight is 308 g/mol. The zero-order valence-corrected chi connectivity index (χ0v) is 12.1. The van der Waals surface area contributed by atoms with Crippen molar-refractivity contribution in [3.05, 3.63) is 24.0 Å². The maximum absolute atomic E-state index is 12.7. The monoisotopic (exact) mass is 308 g/mol. The minimum Gasteiger partial charge on any atom is -0.485 e. The Kier molecular flexibility index (Phi) is 6.87. The van der Waals surface area contributed by atoms with E-state index >= 15 is 0 Å². The van der Waals surface area contributed by atoms with Crippen LogP contribution >= 0.6 is 0 Å². The second kappa shape index (κ2) is 8.17. The second-order valence-corrected chi connectivity index (χ2v) is 4.68. The predicted molar refractivity (Wildman–Crippen MR) is 72.0 cm³/mol. The van der Waals surface area contributed by atoms with E-state index in [1.807, 2.05) is 13.8 Å². The van der Waals surface area contributed by atoms with Crippen molar-refractivity contribution in [1.29, 1.82) is 0 Å². The van der Waals surface area contributed by atoms with Crippen LogP contribution in [0, 0.1) is 0 Å². The Balaban J connectivity index is 2.61. The number of hydrogen-bond donors (Lipinski definition) is 1. The van der Waals surface area contributed by atoms with Crippen molar-refractivity contribution in [1.82, 2.24) is 10.3 Å². The molecule has 3 nitrogen and oxygen atoms in total. The van der Waals surface area contributed by atoms with Gasteiger partial charge in [-0.25, -0.2) is 8.78 Å². The fraction of sp³-hybridized carbons (Fsp3) is 0.643. The summed E-state index contributed by atoms with van der Waals surface area (Å²) in [5.41, 5.74) is 0.763. The molecule has 0 aliphatic rings. The summed E-state index contributed by atoms with van der Waals surface area (Å²) in [7, 11) is 0. The van der Waals surface area contributed by atoms with Gasteiger partial charge in [-0.1, -0.05) is 13.8 Å². The van der Waals surface area contributed by atoms with Crippen molar-refractivity contribution in [3.63, 3.8) is 0 Å². The Labute approximate surface area is 121 Å². The lowest BCUT2D eigenvalue weighted by Crippen LogP contribution is -2.33. The zero-order chi connectivity index (χ0) is 15.9. The van der Waals surface area contributed by atoms with E-state index in [1.54, 1.807) is 6.07 Å². The van der Waals surface area contributed by atoms with Crippen LogP contribution in [0.4, 0.5) is 17.6 Å². The lowest BCUT2D eigenvalue weighted by molar-refractivity contribution is -0.148. The van der Waals surface area contributed by atoms with Gasteiger partial charge in [0.2, 0.25) is 0 Å². The third-order valence-corrected chi connectivity index (χ3v) is 2.92. The highest BCUT2D eigenvalue weighted by molar-refractivity contribution is 5.21. The Bertz CT molecular complexity index is 412. The van der Waals surface area contributed by atoms with Gasteiger partial charge in [0.15, 0.2) is 6.61 Å². The Morgan fingerprint density at radius 3 is 2.48 bits per heavy atom. The topological polar surface area (TPSA) is 34.1 Å². The van der Waals surface area contributed by atoms with Crippen molar-refractivity contribution in [3.8, 4) is 5.75 Å². The van der Waals surface area contributed by atoms with Crippen molar-refractivity contribution in [2.24, 2.45) is 0 Å². The molecule has 0 radical (unpaired) electrons. The molecule has 0 aromatic carbocycles. The molecular weight excluding hydrogens is 288 g/mol. The molecule has 1 rings (SSSR count). The Hall–Kier alpha value is -1.37. The van der Waals surface area contributed by atoms with Crippen molar-refractivity contribution < 1.29 is 22.3 Å². The van der Waals surface area contributed by atoms with Crippen LogP contribution < -0.4 is 10.1 Å². The number of hydrogen-bond acceptors (Lipinski definition) is 3. The van der Waals surface area contributed by atoms with E-state index < -0.39 is 19.0 Å². The first-order valence-corrected chi connectivity index (χ1v) is 6.88. The van der Waals surface area contributed by atoms with Gasteiger partial charge in [0.25, 0.3) is 0 Å². The summed E-state index contributed by atoms with van der Waals surface area (Å²) >= 11 is 0. The molecule has 1 atom stereocenters. The van der Waals surface area contributed by atoms with Crippen LogP contribution in [0.5, 0.6) is 5.75 Å². The summed E-state index contributed by atoms with van der Waals surface area (Å²) in [6, 6.07) is 3.17. The Morgan fingerprint density at radius 2 is 2.00 bits per heavy atom. The number of halogens is 4. The molecule has 1 unspecified atom stereocenters. The van der Waals surface area contributed by atoms with Gasteiger partial charge in [0.05, 0.1) is 11.9 Å². The molecule has 7 heteroatoms. The molecule has 0 saturated heterocycles. The minimum atomic E-state index is -4.16. The molecule has 21 heavy (non-hydrogen) atoms. The number of nitrogens with zero attached hydrogens (tertiary/aromatic N) is 1. The van der Waals surface area contributed by atoms with E-state index in [4.69, 9.17) is 0 Å². The highest BCUT2D eigenvalue weighted by Crippen LogP contribution is 2.24. The van der Waals surface area contributed by atoms with Gasteiger partial charge in [0, 0.05) is 6.04 Å². The smallest absolute Gasteiger partial charge is 0.340 e. The molecule has 1 N–H and O–H groups in total. The number of pyridine rings is 1. The van der Waals surface area contributed by atoms with Crippen LogP contribution in [-0.4, -0.2) is 30.5 Å². The van der Waals surface area contributed by atoms with Crippen molar-refractivity contribution >= 4 is 0 Å². The molecule has 0 saturated carbocycles. The summed E-state index contributed by atoms with van der Waals surface area (Å²) < 4.78 is 54.1. The van der Waals surface area contributed by atoms with Crippen molar-refractivity contribution in [2.75, 3.05) is 13.2 Å². The van der Waals surface area contributed by atoms with E-state index in [9.17, 15) is 17.6 Å². The van der Waals surface area contributed by atoms with Crippen molar-refractivity contribution in [2.45, 2.75) is 45.1 Å². The molecule has 0 amide bonds. The molecule has 0 fully saturated rings. The second-order valence-electron chi connectivity index (χ2n) is 4.68. The molecule has 0 aliphatic heterocycles. The molecule has 1 aromatic heterocycles. The summed E-state index contributed by atoms with van der Waals surface area (Å²) in [4.78, 5) is 4.13. The number of aromatic nitrogens is 1. The highest BCUT2D eigenvalue weighted by Gasteiger charge is 2.41. The van der Waals surface area contributed by atoms with Gasteiger partial charge in [-0.2, -0.15) is 8.78 Å². The zero-order valence-electron chi connectivity index (χ0n) is 12.1. The predicted octanol–water partition coefficient (Wildman–Crippen LogP) is 3.81. The lowest BCUT2D eigenvalue weighted by atomic mass is 10.1. The number of nitrogens with one attached hydrogen (secondary N) is 1. The highest BCUT2D eigenvalue weighted by atomic mass is 19.3. The quantitative estimate of drug-likeness (QED) is 0.704. The average Bonchev–Trinajstić information content (AvgIpc) is 2.47. The van der Waals surface area contributed by atoms with E-state index in [1.165, 1.54) is 12.3 Å². The van der Waals surface area contributed by atoms with Crippen LogP contribution in [0.3, 0.4) is 0 Å². The number of alkyl halides is 4. The summed E-state index contributed by atoms with van der Waals surface area (Å²) in [5.74, 6) is -4.11. The van der Waals surface area contributed by atoms with E-state index in [0.29, 0.717) is 0 Å². The first kappa shape index (κ1) is 17.7. The van der Waals surface area contributed by atoms with Crippen LogP contribution in [0.25, 0.3) is 0 Å². The fourth-order valence-corrected chi connectivity index (χ4v) is 1.70.